The second-order valence-electron chi connectivity index (χ2n) is 6.62. The van der Waals surface area contributed by atoms with Gasteiger partial charge in [0.05, 0.1) is 11.3 Å². The number of hydrazine groups is 1. The lowest BCUT2D eigenvalue weighted by Gasteiger charge is -2.10. The fraction of sp³-hybridized carbons (Fsp3) is 0.211. The molecule has 0 radical (unpaired) electrons. The minimum absolute atomic E-state index is 0.0193. The number of fused-ring (bicyclic) bond motifs is 1. The average molecular weight is 379 g/mol. The summed E-state index contributed by atoms with van der Waals surface area (Å²) in [5, 5.41) is 14.7. The first-order valence-corrected chi connectivity index (χ1v) is 8.96. The van der Waals surface area contributed by atoms with Gasteiger partial charge in [0, 0.05) is 23.4 Å². The average Bonchev–Trinajstić information content (AvgIpc) is 3.39. The summed E-state index contributed by atoms with van der Waals surface area (Å²) in [6, 6.07) is 12.9. The Morgan fingerprint density at radius 3 is 2.75 bits per heavy atom. The fourth-order valence-corrected chi connectivity index (χ4v) is 3.32. The molecule has 1 fully saturated rings. The third kappa shape index (κ3) is 3.40. The molecule has 9 nitrogen and oxygen atoms in total. The molecule has 1 amide bonds. The van der Waals surface area contributed by atoms with Crippen molar-refractivity contribution in [2.24, 2.45) is 22.7 Å². The highest BCUT2D eigenvalue weighted by Gasteiger charge is 2.22. The molecule has 3 aromatic rings. The summed E-state index contributed by atoms with van der Waals surface area (Å²) in [6.45, 7) is 1.61. The Kier molecular flexibility index (Phi) is 4.92. The maximum atomic E-state index is 12.2. The van der Waals surface area contributed by atoms with Crippen LogP contribution < -0.4 is 27.7 Å². The summed E-state index contributed by atoms with van der Waals surface area (Å²) >= 11 is 0. The van der Waals surface area contributed by atoms with E-state index in [4.69, 9.17) is 16.2 Å². The first-order valence-electron chi connectivity index (χ1n) is 8.96. The number of hydrazone groups is 1. The van der Waals surface area contributed by atoms with Crippen LogP contribution in [-0.4, -0.2) is 30.0 Å². The second-order valence-corrected chi connectivity index (χ2v) is 6.62. The van der Waals surface area contributed by atoms with E-state index in [0.29, 0.717) is 17.1 Å². The maximum Gasteiger partial charge on any atom is 0.228 e. The van der Waals surface area contributed by atoms with Gasteiger partial charge in [-0.1, -0.05) is 5.16 Å². The lowest BCUT2D eigenvalue weighted by atomic mass is 10.0. The second kappa shape index (κ2) is 7.67. The Morgan fingerprint density at radius 1 is 1.25 bits per heavy atom. The highest BCUT2D eigenvalue weighted by molar-refractivity contribution is 6.03. The summed E-state index contributed by atoms with van der Waals surface area (Å²) in [6.07, 6.45) is 0.863. The van der Waals surface area contributed by atoms with Crippen molar-refractivity contribution in [1.82, 2.24) is 15.9 Å². The normalized spacial score (nSPS) is 17.0. The number of benzene rings is 2. The summed E-state index contributed by atoms with van der Waals surface area (Å²) in [7, 11) is 0. The van der Waals surface area contributed by atoms with Crippen molar-refractivity contribution < 1.29 is 9.32 Å². The lowest BCUT2D eigenvalue weighted by molar-refractivity contribution is -0.119. The lowest BCUT2D eigenvalue weighted by Crippen LogP contribution is -2.31. The molecule has 9 heteroatoms. The van der Waals surface area contributed by atoms with Crippen LogP contribution in [0.25, 0.3) is 22.2 Å². The predicted molar refractivity (Wildman–Crippen MR) is 107 cm³/mol. The van der Waals surface area contributed by atoms with Gasteiger partial charge in [-0.15, -0.1) is 0 Å². The van der Waals surface area contributed by atoms with Gasteiger partial charge in [0.15, 0.2) is 11.6 Å². The Morgan fingerprint density at radius 2 is 2.07 bits per heavy atom. The van der Waals surface area contributed by atoms with E-state index in [1.165, 1.54) is 0 Å². The van der Waals surface area contributed by atoms with Crippen LogP contribution in [0, 0.1) is 5.92 Å². The molecule has 1 aliphatic heterocycles. The summed E-state index contributed by atoms with van der Waals surface area (Å²) in [5.41, 5.74) is 5.47. The molecular formula is C19H21N7O2. The van der Waals surface area contributed by atoms with Gasteiger partial charge in [-0.25, -0.2) is 5.84 Å². The number of aromatic nitrogens is 1. The Hall–Kier alpha value is -3.43. The number of amides is 1. The minimum atomic E-state index is 0.0193. The van der Waals surface area contributed by atoms with E-state index in [9.17, 15) is 4.79 Å². The zero-order valence-electron chi connectivity index (χ0n) is 15.1. The summed E-state index contributed by atoms with van der Waals surface area (Å²) in [5.74, 6) is 11.8. The number of anilines is 1. The van der Waals surface area contributed by atoms with Crippen LogP contribution in [0.5, 0.6) is 0 Å². The molecule has 4 rings (SSSR count). The third-order valence-corrected chi connectivity index (χ3v) is 4.86. The van der Waals surface area contributed by atoms with Crippen LogP contribution in [0.4, 0.5) is 5.69 Å². The molecule has 144 valence electrons. The number of hydrogen-bond acceptors (Lipinski definition) is 7. The van der Waals surface area contributed by atoms with Crippen molar-refractivity contribution in [3.63, 3.8) is 0 Å². The van der Waals surface area contributed by atoms with Crippen molar-refractivity contribution in [1.29, 1.82) is 0 Å². The molecule has 1 aromatic heterocycles. The molecule has 2 aromatic carbocycles. The fourth-order valence-electron chi connectivity index (χ4n) is 3.32. The Labute approximate surface area is 161 Å². The molecule has 0 bridgehead atoms. The van der Waals surface area contributed by atoms with Crippen molar-refractivity contribution in [2.75, 3.05) is 18.4 Å². The molecule has 1 atom stereocenters. The molecule has 1 unspecified atom stereocenters. The highest BCUT2D eigenvalue weighted by Crippen LogP contribution is 2.30. The Balaban J connectivity index is 1.59. The number of carbonyl (C=O) groups excluding carboxylic acids is 1. The number of rotatable bonds is 4. The molecule has 0 saturated carbocycles. The number of nitrogens with two attached hydrogens (primary N) is 2. The van der Waals surface area contributed by atoms with Crippen molar-refractivity contribution in [3.8, 4) is 11.3 Å². The van der Waals surface area contributed by atoms with E-state index in [1.807, 2.05) is 36.4 Å². The van der Waals surface area contributed by atoms with Gasteiger partial charge in [-0.3, -0.25) is 4.79 Å². The first-order chi connectivity index (χ1) is 13.7. The topological polar surface area (TPSA) is 144 Å². The number of nitrogens with one attached hydrogen (secondary N) is 3. The largest absolute Gasteiger partial charge is 0.355 e. The predicted octanol–water partition coefficient (Wildman–Crippen LogP) is 1.13. The van der Waals surface area contributed by atoms with Crippen LogP contribution in [0.3, 0.4) is 0 Å². The van der Waals surface area contributed by atoms with Crippen LogP contribution in [0.15, 0.2) is 52.1 Å². The molecule has 1 aliphatic rings. The van der Waals surface area contributed by atoms with E-state index in [1.54, 1.807) is 6.07 Å². The van der Waals surface area contributed by atoms with Crippen molar-refractivity contribution in [3.05, 3.63) is 48.0 Å². The molecule has 1 saturated heterocycles. The summed E-state index contributed by atoms with van der Waals surface area (Å²) in [4.78, 5) is 12.2. The van der Waals surface area contributed by atoms with E-state index in [2.05, 4.69) is 26.3 Å². The quantitative estimate of drug-likeness (QED) is 0.198. The number of amidine groups is 1. The third-order valence-electron chi connectivity index (χ3n) is 4.86. The zero-order chi connectivity index (χ0) is 19.5. The van der Waals surface area contributed by atoms with Gasteiger partial charge in [0.2, 0.25) is 5.91 Å². The Bertz CT molecular complexity index is 1020. The molecular weight excluding hydrogens is 358 g/mol. The first kappa shape index (κ1) is 18.0. The van der Waals surface area contributed by atoms with E-state index in [-0.39, 0.29) is 11.8 Å². The molecule has 28 heavy (non-hydrogen) atoms. The van der Waals surface area contributed by atoms with Gasteiger partial charge in [-0.05, 0) is 55.4 Å². The van der Waals surface area contributed by atoms with Gasteiger partial charge in [0.25, 0.3) is 0 Å². The highest BCUT2D eigenvalue weighted by atomic mass is 16.5. The monoisotopic (exact) mass is 379 g/mol. The van der Waals surface area contributed by atoms with E-state index >= 15 is 0 Å². The maximum absolute atomic E-state index is 12.2. The van der Waals surface area contributed by atoms with Gasteiger partial charge in [-0.2, -0.15) is 5.10 Å². The number of nitrogens with zero attached hydrogens (tertiary/aromatic N) is 2. The van der Waals surface area contributed by atoms with Crippen LogP contribution >= 0.6 is 0 Å². The van der Waals surface area contributed by atoms with E-state index in [0.717, 1.165) is 41.7 Å². The minimum Gasteiger partial charge on any atom is -0.355 e. The number of carbonyl (C=O) groups is 1. The number of hydrogen-bond donors (Lipinski definition) is 5. The zero-order valence-corrected chi connectivity index (χ0v) is 15.1. The van der Waals surface area contributed by atoms with Crippen molar-refractivity contribution >= 4 is 28.3 Å². The smallest absolute Gasteiger partial charge is 0.228 e. The van der Waals surface area contributed by atoms with Crippen LogP contribution in [0.2, 0.25) is 0 Å². The van der Waals surface area contributed by atoms with Gasteiger partial charge in [0.1, 0.15) is 5.52 Å². The summed E-state index contributed by atoms with van der Waals surface area (Å²) < 4.78 is 5.54. The molecule has 0 spiro atoms. The van der Waals surface area contributed by atoms with Crippen LogP contribution in [-0.2, 0) is 4.79 Å². The molecule has 7 N–H and O–H groups in total. The van der Waals surface area contributed by atoms with Crippen LogP contribution in [0.1, 0.15) is 12.0 Å². The standard InChI is InChI=1S/C19H21N7O2/c20-24-18(25-21)12-3-6-16-15(9-12)17(28-26-16)11-1-4-14(5-2-11)23-19(27)13-7-8-22-10-13/h1-6,9,13,22H,7-8,10,20-21H2,(H,23,27)(H,24,25). The molecule has 2 heterocycles. The van der Waals surface area contributed by atoms with Gasteiger partial charge >= 0.3 is 0 Å². The molecule has 0 aliphatic carbocycles. The van der Waals surface area contributed by atoms with Crippen molar-refractivity contribution in [2.45, 2.75) is 6.42 Å². The van der Waals surface area contributed by atoms with Gasteiger partial charge < -0.3 is 26.4 Å². The van der Waals surface area contributed by atoms with E-state index < -0.39 is 0 Å². The SMILES string of the molecule is N/N=C(\NN)c1ccc2noc(-c3ccc(NC(=O)C4CCNC4)cc3)c2c1.